The number of phosphoric ester groups is 2. The number of aliphatic hydroxyl groups excluding tert-OH is 1. The highest BCUT2D eigenvalue weighted by atomic mass is 31.2. The summed E-state index contributed by atoms with van der Waals surface area (Å²) in [6.07, 6.45) is 56.4. The Labute approximate surface area is 586 Å². The maximum Gasteiger partial charge on any atom is 0.472 e. The molecule has 0 aromatic carbocycles. The fourth-order valence-corrected chi connectivity index (χ4v) is 12.8. The Morgan fingerprint density at radius 1 is 0.344 bits per heavy atom. The van der Waals surface area contributed by atoms with E-state index in [0.29, 0.717) is 25.7 Å². The van der Waals surface area contributed by atoms with Crippen LogP contribution in [-0.2, 0) is 65.4 Å². The third kappa shape index (κ3) is 68.7. The van der Waals surface area contributed by atoms with Gasteiger partial charge in [0.2, 0.25) is 0 Å². The zero-order valence-corrected chi connectivity index (χ0v) is 64.1. The van der Waals surface area contributed by atoms with E-state index in [1.54, 1.807) is 0 Å². The first-order chi connectivity index (χ1) is 46.3. The molecule has 0 aliphatic rings. The van der Waals surface area contributed by atoms with Gasteiger partial charge in [0, 0.05) is 25.7 Å². The Morgan fingerprint density at radius 2 is 0.615 bits per heavy atom. The molecule has 0 aromatic rings. The van der Waals surface area contributed by atoms with Crippen LogP contribution in [0, 0.1) is 17.8 Å². The van der Waals surface area contributed by atoms with E-state index in [1.165, 1.54) is 154 Å². The number of allylic oxidation sites excluding steroid dienone is 4. The van der Waals surface area contributed by atoms with Crippen molar-refractivity contribution >= 4 is 39.5 Å². The van der Waals surface area contributed by atoms with E-state index in [-0.39, 0.29) is 25.7 Å². The first kappa shape index (κ1) is 93.5. The lowest BCUT2D eigenvalue weighted by atomic mass is 10.00. The highest BCUT2D eigenvalue weighted by molar-refractivity contribution is 7.47. The molecule has 0 fully saturated rings. The average Bonchev–Trinajstić information content (AvgIpc) is 1.54. The van der Waals surface area contributed by atoms with Crippen LogP contribution in [0.15, 0.2) is 24.3 Å². The minimum absolute atomic E-state index is 0.101. The molecule has 6 atom stereocenters. The van der Waals surface area contributed by atoms with Crippen LogP contribution in [0.2, 0.25) is 0 Å². The van der Waals surface area contributed by atoms with Gasteiger partial charge in [-0.25, -0.2) is 9.13 Å². The first-order valence-corrected chi connectivity index (χ1v) is 42.2. The van der Waals surface area contributed by atoms with E-state index in [0.717, 1.165) is 133 Å². The van der Waals surface area contributed by atoms with Crippen LogP contribution in [0.5, 0.6) is 0 Å². The van der Waals surface area contributed by atoms with Crippen molar-refractivity contribution in [3.8, 4) is 0 Å². The van der Waals surface area contributed by atoms with E-state index >= 15 is 0 Å². The van der Waals surface area contributed by atoms with Gasteiger partial charge in [-0.3, -0.25) is 37.3 Å². The van der Waals surface area contributed by atoms with E-state index < -0.39 is 97.5 Å². The quantitative estimate of drug-likeness (QED) is 0.0169. The van der Waals surface area contributed by atoms with Crippen molar-refractivity contribution in [3.63, 3.8) is 0 Å². The van der Waals surface area contributed by atoms with Crippen LogP contribution in [0.25, 0.3) is 0 Å². The summed E-state index contributed by atoms with van der Waals surface area (Å²) < 4.78 is 68.5. The van der Waals surface area contributed by atoms with Crippen molar-refractivity contribution in [3.05, 3.63) is 24.3 Å². The standard InChI is InChI=1S/C77H146O17P2/c1-8-10-11-12-13-14-15-16-19-23-26-31-36-44-51-58-74(79)87-64-72(93-76(81)60-53-46-37-32-27-24-21-18-17-20-22-25-29-34-41-48-55-68(3)4)66-91-95(83,84)89-62-71(78)63-90-96(85,86)92-67-73(65-88-75(80)59-52-45-40-39-43-50-57-70(7)9-2)94-77(82)61-54-47-38-33-28-30-35-42-49-56-69(5)6/h14-16,19,68-73,78H,8-13,17-18,20-67H2,1-7H3,(H,83,84)(H,85,86)/b15-14-,19-16-/t70?,71-,72-,73-/m1/s1. The Balaban J connectivity index is 5.27. The molecule has 566 valence electrons. The molecule has 0 rings (SSSR count). The number of aliphatic hydroxyl groups is 1. The summed E-state index contributed by atoms with van der Waals surface area (Å²) >= 11 is 0. The second-order valence-corrected chi connectivity index (χ2v) is 31.2. The second kappa shape index (κ2) is 67.1. The molecular formula is C77H146O17P2. The molecule has 96 heavy (non-hydrogen) atoms. The average molecular weight is 1410 g/mol. The van der Waals surface area contributed by atoms with Crippen LogP contribution in [0.1, 0.15) is 370 Å². The molecule has 3 unspecified atom stereocenters. The Morgan fingerprint density at radius 3 is 0.927 bits per heavy atom. The van der Waals surface area contributed by atoms with E-state index in [1.807, 2.05) is 0 Å². The van der Waals surface area contributed by atoms with Crippen molar-refractivity contribution in [1.29, 1.82) is 0 Å². The maximum atomic E-state index is 13.1. The molecule has 0 spiro atoms. The smallest absolute Gasteiger partial charge is 0.462 e. The van der Waals surface area contributed by atoms with Crippen molar-refractivity contribution in [2.75, 3.05) is 39.6 Å². The number of hydrogen-bond donors (Lipinski definition) is 3. The molecule has 0 saturated heterocycles. The largest absolute Gasteiger partial charge is 0.472 e. The van der Waals surface area contributed by atoms with Gasteiger partial charge in [-0.1, -0.05) is 317 Å². The van der Waals surface area contributed by atoms with Gasteiger partial charge >= 0.3 is 39.5 Å². The minimum atomic E-state index is -4.97. The van der Waals surface area contributed by atoms with Crippen LogP contribution >= 0.6 is 15.6 Å². The van der Waals surface area contributed by atoms with Gasteiger partial charge in [-0.15, -0.1) is 0 Å². The van der Waals surface area contributed by atoms with Crippen molar-refractivity contribution in [1.82, 2.24) is 0 Å². The summed E-state index contributed by atoms with van der Waals surface area (Å²) in [5.74, 6) is 0.122. The van der Waals surface area contributed by atoms with Gasteiger partial charge in [0.15, 0.2) is 12.2 Å². The summed E-state index contributed by atoms with van der Waals surface area (Å²) in [5.41, 5.74) is 0. The highest BCUT2D eigenvalue weighted by Gasteiger charge is 2.30. The minimum Gasteiger partial charge on any atom is -0.462 e. The maximum absolute atomic E-state index is 13.1. The SMILES string of the molecule is CCCCCC/C=C\C=C/CCCCCCCC(=O)OC[C@H](COP(=O)(O)OC[C@@H](O)COP(=O)(O)OC[C@@H](COC(=O)CCCCCCCCC(C)CC)OC(=O)CCCCCCCCCCCC(C)C)OC(=O)CCCCCCCCCCCCCCCCCCC(C)C. The lowest BCUT2D eigenvalue weighted by molar-refractivity contribution is -0.161. The Hall–Kier alpha value is -2.46. The van der Waals surface area contributed by atoms with Gasteiger partial charge < -0.3 is 33.8 Å². The molecule has 0 bridgehead atoms. The summed E-state index contributed by atoms with van der Waals surface area (Å²) in [6.45, 7) is 11.8. The lowest BCUT2D eigenvalue weighted by Gasteiger charge is -2.21. The Kier molecular flexibility index (Phi) is 65.3. The zero-order chi connectivity index (χ0) is 70.9. The topological polar surface area (TPSA) is 237 Å². The number of rotatable bonds is 73. The zero-order valence-electron chi connectivity index (χ0n) is 62.3. The number of unbranched alkanes of at least 4 members (excludes halogenated alkanes) is 37. The van der Waals surface area contributed by atoms with Crippen molar-refractivity contribution in [2.24, 2.45) is 17.8 Å². The molecule has 3 N–H and O–H groups in total. The molecule has 19 heteroatoms. The van der Waals surface area contributed by atoms with Crippen LogP contribution in [0.4, 0.5) is 0 Å². The van der Waals surface area contributed by atoms with Crippen molar-refractivity contribution < 1.29 is 80.2 Å². The van der Waals surface area contributed by atoms with Gasteiger partial charge in [0.1, 0.15) is 19.3 Å². The van der Waals surface area contributed by atoms with Gasteiger partial charge in [0.05, 0.1) is 26.4 Å². The predicted molar refractivity (Wildman–Crippen MR) is 390 cm³/mol. The third-order valence-corrected chi connectivity index (χ3v) is 19.5. The summed E-state index contributed by atoms with van der Waals surface area (Å²) in [7, 11) is -9.92. The molecule has 0 aliphatic heterocycles. The normalized spacial score (nSPS) is 14.5. The number of esters is 4. The van der Waals surface area contributed by atoms with Crippen LogP contribution in [-0.4, -0.2) is 96.7 Å². The van der Waals surface area contributed by atoms with E-state index in [2.05, 4.69) is 72.8 Å². The van der Waals surface area contributed by atoms with Crippen LogP contribution in [0.3, 0.4) is 0 Å². The lowest BCUT2D eigenvalue weighted by Crippen LogP contribution is -2.30. The molecular weight excluding hydrogens is 1260 g/mol. The van der Waals surface area contributed by atoms with Crippen molar-refractivity contribution in [2.45, 2.75) is 388 Å². The number of hydrogen-bond acceptors (Lipinski definition) is 15. The summed E-state index contributed by atoms with van der Waals surface area (Å²) in [4.78, 5) is 72.8. The van der Waals surface area contributed by atoms with E-state index in [9.17, 15) is 43.2 Å². The van der Waals surface area contributed by atoms with Crippen LogP contribution < -0.4 is 0 Å². The van der Waals surface area contributed by atoms with E-state index in [4.69, 9.17) is 37.0 Å². The van der Waals surface area contributed by atoms with Gasteiger partial charge in [0.25, 0.3) is 0 Å². The summed E-state index contributed by atoms with van der Waals surface area (Å²) in [5, 5.41) is 10.6. The number of phosphoric acid groups is 2. The van der Waals surface area contributed by atoms with Gasteiger partial charge in [-0.05, 0) is 69.1 Å². The molecule has 0 aliphatic carbocycles. The Bertz CT molecular complexity index is 1970. The fourth-order valence-electron chi connectivity index (χ4n) is 11.2. The molecule has 0 heterocycles. The monoisotopic (exact) mass is 1410 g/mol. The molecule has 0 aromatic heterocycles. The predicted octanol–water partition coefficient (Wildman–Crippen LogP) is 22.1. The highest BCUT2D eigenvalue weighted by Crippen LogP contribution is 2.45. The van der Waals surface area contributed by atoms with Gasteiger partial charge in [-0.2, -0.15) is 0 Å². The third-order valence-electron chi connectivity index (χ3n) is 17.6. The first-order valence-electron chi connectivity index (χ1n) is 39.2. The molecule has 0 amide bonds. The number of carbonyl (C=O) groups is 4. The fraction of sp³-hybridized carbons (Fsp3) is 0.896. The summed E-state index contributed by atoms with van der Waals surface area (Å²) in [6, 6.07) is 0. The molecule has 0 radical (unpaired) electrons. The number of carbonyl (C=O) groups excluding carboxylic acids is 4. The number of ether oxygens (including phenoxy) is 4. The molecule has 17 nitrogen and oxygen atoms in total. The second-order valence-electron chi connectivity index (χ2n) is 28.3. The molecule has 0 saturated carbocycles.